The molecule has 1 aliphatic heterocycles. The van der Waals surface area contributed by atoms with Gasteiger partial charge in [-0.25, -0.2) is 14.0 Å². The molecule has 1 aromatic rings. The molecule has 1 aromatic carbocycles. The lowest BCUT2D eigenvalue weighted by atomic mass is 10.2. The number of carbonyl (C=O) groups is 3. The molecule has 20 heavy (non-hydrogen) atoms. The minimum atomic E-state index is -1.22. The second-order valence-corrected chi connectivity index (χ2v) is 4.05. The van der Waals surface area contributed by atoms with E-state index in [0.717, 1.165) is 6.07 Å². The number of halogens is 1. The number of nitrogens with zero attached hydrogens (tertiary/aromatic N) is 1. The molecule has 0 bridgehead atoms. The van der Waals surface area contributed by atoms with Gasteiger partial charge in [-0.15, -0.1) is 0 Å². The number of nitrogens with one attached hydrogen (secondary N) is 1. The second kappa shape index (κ2) is 5.55. The highest BCUT2D eigenvalue weighted by atomic mass is 19.1. The van der Waals surface area contributed by atoms with Crippen LogP contribution in [0.15, 0.2) is 18.2 Å². The average molecular weight is 282 g/mol. The van der Waals surface area contributed by atoms with Crippen molar-refractivity contribution < 1.29 is 28.6 Å². The largest absolute Gasteiger partial charge is 0.479 e. The molecule has 2 N–H and O–H groups in total. The Balaban J connectivity index is 2.14. The first-order chi connectivity index (χ1) is 9.47. The molecule has 2 rings (SSSR count). The molecule has 106 valence electrons. The predicted octanol–water partition coefficient (Wildman–Crippen LogP) is 0.735. The van der Waals surface area contributed by atoms with Gasteiger partial charge >= 0.3 is 12.0 Å². The first kappa shape index (κ1) is 13.8. The summed E-state index contributed by atoms with van der Waals surface area (Å²) in [5.41, 5.74) is 0.259. The summed E-state index contributed by atoms with van der Waals surface area (Å²) in [4.78, 5) is 34.1. The van der Waals surface area contributed by atoms with Gasteiger partial charge in [-0.1, -0.05) is 0 Å². The van der Waals surface area contributed by atoms with Crippen LogP contribution in [0, 0.1) is 5.82 Å². The summed E-state index contributed by atoms with van der Waals surface area (Å²) in [6, 6.07) is 3.07. The number of hydrogen-bond donors (Lipinski definition) is 2. The van der Waals surface area contributed by atoms with Crippen molar-refractivity contribution in [3.8, 4) is 5.75 Å². The number of amides is 3. The maximum absolute atomic E-state index is 13.7. The maximum Gasteiger partial charge on any atom is 0.341 e. The highest BCUT2D eigenvalue weighted by Crippen LogP contribution is 2.24. The van der Waals surface area contributed by atoms with Crippen molar-refractivity contribution in [1.82, 2.24) is 5.32 Å². The van der Waals surface area contributed by atoms with Crippen LogP contribution >= 0.6 is 0 Å². The van der Waals surface area contributed by atoms with Crippen LogP contribution in [0.2, 0.25) is 0 Å². The Kier molecular flexibility index (Phi) is 3.83. The summed E-state index contributed by atoms with van der Waals surface area (Å²) in [6.45, 7) is -0.506. The van der Waals surface area contributed by atoms with Crippen molar-refractivity contribution in [1.29, 1.82) is 0 Å². The van der Waals surface area contributed by atoms with E-state index in [4.69, 9.17) is 9.84 Å². The normalized spacial score (nSPS) is 14.9. The molecule has 1 fully saturated rings. The van der Waals surface area contributed by atoms with E-state index < -0.39 is 24.4 Å². The topological polar surface area (TPSA) is 95.9 Å². The fourth-order valence-corrected chi connectivity index (χ4v) is 1.72. The van der Waals surface area contributed by atoms with Crippen LogP contribution in [0.4, 0.5) is 14.9 Å². The molecule has 0 spiro atoms. The van der Waals surface area contributed by atoms with Gasteiger partial charge in [0.2, 0.25) is 5.91 Å². The van der Waals surface area contributed by atoms with E-state index in [2.05, 4.69) is 5.32 Å². The lowest BCUT2D eigenvalue weighted by Gasteiger charge is -2.26. The van der Waals surface area contributed by atoms with E-state index in [9.17, 15) is 18.8 Å². The van der Waals surface area contributed by atoms with Crippen LogP contribution in [0.5, 0.6) is 5.75 Å². The van der Waals surface area contributed by atoms with E-state index in [1.165, 1.54) is 17.0 Å². The molecule has 0 atom stereocenters. The standard InChI is InChI=1S/C12H11FN2O5/c13-8-5-7(1-2-9(8)20-6-11(17)18)15-4-3-10(16)14-12(15)19/h1-2,5H,3-4,6H2,(H,17,18)(H,14,16,19). The first-order valence-corrected chi connectivity index (χ1v) is 5.73. The Bertz CT molecular complexity index is 575. The highest BCUT2D eigenvalue weighted by molar-refractivity contribution is 6.05. The summed E-state index contributed by atoms with van der Waals surface area (Å²) < 4.78 is 18.5. The molecular weight excluding hydrogens is 271 g/mol. The zero-order valence-electron chi connectivity index (χ0n) is 10.3. The van der Waals surface area contributed by atoms with Crippen LogP contribution in [0.1, 0.15) is 6.42 Å². The van der Waals surface area contributed by atoms with Gasteiger partial charge in [0.1, 0.15) is 0 Å². The number of aliphatic carboxylic acids is 1. The third-order valence-corrected chi connectivity index (χ3v) is 2.63. The summed E-state index contributed by atoms with van der Waals surface area (Å²) >= 11 is 0. The van der Waals surface area contributed by atoms with Crippen molar-refractivity contribution >= 4 is 23.6 Å². The van der Waals surface area contributed by atoms with Crippen LogP contribution < -0.4 is 15.0 Å². The van der Waals surface area contributed by atoms with Crippen molar-refractivity contribution in [2.75, 3.05) is 18.1 Å². The smallest absolute Gasteiger partial charge is 0.341 e. The molecule has 7 nitrogen and oxygen atoms in total. The molecule has 0 aliphatic carbocycles. The van der Waals surface area contributed by atoms with Gasteiger partial charge in [0.15, 0.2) is 18.2 Å². The number of carboxylic acid groups (broad SMARTS) is 1. The SMILES string of the molecule is O=C(O)COc1ccc(N2CCC(=O)NC2=O)cc1F. The van der Waals surface area contributed by atoms with Crippen molar-refractivity contribution in [2.45, 2.75) is 6.42 Å². The van der Waals surface area contributed by atoms with E-state index in [-0.39, 0.29) is 30.3 Å². The number of benzene rings is 1. The molecule has 3 amide bonds. The minimum absolute atomic E-state index is 0.130. The van der Waals surface area contributed by atoms with Crippen LogP contribution in [0.3, 0.4) is 0 Å². The zero-order valence-corrected chi connectivity index (χ0v) is 10.3. The lowest BCUT2D eigenvalue weighted by molar-refractivity contribution is -0.139. The van der Waals surface area contributed by atoms with Crippen LogP contribution in [0.25, 0.3) is 0 Å². The molecule has 0 aromatic heterocycles. The van der Waals surface area contributed by atoms with Gasteiger partial charge in [-0.3, -0.25) is 15.0 Å². The number of rotatable bonds is 4. The van der Waals surface area contributed by atoms with Crippen molar-refractivity contribution in [2.24, 2.45) is 0 Å². The Morgan fingerprint density at radius 2 is 2.20 bits per heavy atom. The Hall–Kier alpha value is -2.64. The fraction of sp³-hybridized carbons (Fsp3) is 0.250. The number of anilines is 1. The first-order valence-electron chi connectivity index (χ1n) is 5.73. The number of carbonyl (C=O) groups excluding carboxylic acids is 2. The maximum atomic E-state index is 13.7. The van der Waals surface area contributed by atoms with Crippen LogP contribution in [-0.2, 0) is 9.59 Å². The summed E-state index contributed by atoms with van der Waals surface area (Å²) in [6.07, 6.45) is 0.130. The second-order valence-electron chi connectivity index (χ2n) is 4.05. The summed E-state index contributed by atoms with van der Waals surface area (Å²) in [5, 5.41) is 10.6. The number of carboxylic acids is 1. The van der Waals surface area contributed by atoms with Gasteiger partial charge in [0.05, 0.1) is 0 Å². The third kappa shape index (κ3) is 3.02. The monoisotopic (exact) mass is 282 g/mol. The molecule has 0 saturated carbocycles. The van der Waals surface area contributed by atoms with Gasteiger partial charge in [0.25, 0.3) is 0 Å². The molecule has 0 radical (unpaired) electrons. The van der Waals surface area contributed by atoms with E-state index in [0.29, 0.717) is 0 Å². The minimum Gasteiger partial charge on any atom is -0.479 e. The number of urea groups is 1. The molecule has 0 unspecified atom stereocenters. The van der Waals surface area contributed by atoms with E-state index >= 15 is 0 Å². The fourth-order valence-electron chi connectivity index (χ4n) is 1.72. The van der Waals surface area contributed by atoms with Gasteiger partial charge in [-0.2, -0.15) is 0 Å². The zero-order chi connectivity index (χ0) is 14.7. The summed E-state index contributed by atoms with van der Waals surface area (Å²) in [7, 11) is 0. The number of ether oxygens (including phenoxy) is 1. The molecular formula is C12H11FN2O5. The van der Waals surface area contributed by atoms with Crippen molar-refractivity contribution in [3.63, 3.8) is 0 Å². The van der Waals surface area contributed by atoms with E-state index in [1.54, 1.807) is 0 Å². The Morgan fingerprint density at radius 1 is 1.45 bits per heavy atom. The van der Waals surface area contributed by atoms with Crippen LogP contribution in [-0.4, -0.2) is 36.2 Å². The molecule has 1 aliphatic rings. The molecule has 1 heterocycles. The average Bonchev–Trinajstić information content (AvgIpc) is 2.37. The quantitative estimate of drug-likeness (QED) is 0.849. The highest BCUT2D eigenvalue weighted by Gasteiger charge is 2.24. The Morgan fingerprint density at radius 3 is 2.80 bits per heavy atom. The Labute approximate surface area is 112 Å². The third-order valence-electron chi connectivity index (χ3n) is 2.63. The lowest BCUT2D eigenvalue weighted by Crippen LogP contribution is -2.49. The molecule has 8 heteroatoms. The summed E-state index contributed by atoms with van der Waals surface area (Å²) in [5.74, 6) is -2.60. The predicted molar refractivity (Wildman–Crippen MR) is 65.0 cm³/mol. The van der Waals surface area contributed by atoms with E-state index in [1.807, 2.05) is 0 Å². The van der Waals surface area contributed by atoms with Gasteiger partial charge in [-0.05, 0) is 12.1 Å². The van der Waals surface area contributed by atoms with Gasteiger partial charge < -0.3 is 9.84 Å². The van der Waals surface area contributed by atoms with Gasteiger partial charge in [0, 0.05) is 24.7 Å². The molecule has 1 saturated heterocycles. The number of imide groups is 1. The van der Waals surface area contributed by atoms with Crippen molar-refractivity contribution in [3.05, 3.63) is 24.0 Å². The number of hydrogen-bond acceptors (Lipinski definition) is 4.